The maximum atomic E-state index is 12.7. The van der Waals surface area contributed by atoms with Gasteiger partial charge in [-0.2, -0.15) is 0 Å². The molecule has 1 aliphatic rings. The van der Waals surface area contributed by atoms with Gasteiger partial charge in [0.05, 0.1) is 22.5 Å². The molecule has 25 heavy (non-hydrogen) atoms. The Morgan fingerprint density at radius 3 is 3.00 bits per heavy atom. The summed E-state index contributed by atoms with van der Waals surface area (Å²) in [6.07, 6.45) is 0.924. The first-order valence-electron chi connectivity index (χ1n) is 8.05. The van der Waals surface area contributed by atoms with Gasteiger partial charge in [-0.25, -0.2) is 4.98 Å². The van der Waals surface area contributed by atoms with Crippen LogP contribution in [0.2, 0.25) is 5.02 Å². The number of anilines is 1. The number of rotatable bonds is 2. The van der Waals surface area contributed by atoms with Crippen molar-refractivity contribution in [2.45, 2.75) is 19.9 Å². The van der Waals surface area contributed by atoms with Crippen LogP contribution in [0, 0.1) is 6.92 Å². The minimum atomic E-state index is -0.189. The molecule has 0 aliphatic carbocycles. The smallest absolute Gasteiger partial charge is 0.259 e. The molecule has 0 bridgehead atoms. The summed E-state index contributed by atoms with van der Waals surface area (Å²) in [5, 5.41) is 5.05. The fraction of sp³-hybridized carbons (Fsp3) is 0.278. The van der Waals surface area contributed by atoms with Gasteiger partial charge in [-0.05, 0) is 38.2 Å². The Morgan fingerprint density at radius 2 is 2.16 bits per heavy atom. The first kappa shape index (κ1) is 16.4. The maximum absolute atomic E-state index is 12.7. The lowest BCUT2D eigenvalue weighted by Gasteiger charge is -2.20. The highest BCUT2D eigenvalue weighted by molar-refractivity contribution is 7.15. The van der Waals surface area contributed by atoms with Gasteiger partial charge in [0, 0.05) is 34.8 Å². The lowest BCUT2D eigenvalue weighted by molar-refractivity contribution is 0.102. The molecule has 1 aromatic carbocycles. The van der Waals surface area contributed by atoms with E-state index in [1.54, 1.807) is 17.4 Å². The van der Waals surface area contributed by atoms with Gasteiger partial charge in [0.15, 0.2) is 5.13 Å². The summed E-state index contributed by atoms with van der Waals surface area (Å²) in [6.45, 7) is 3.72. The van der Waals surface area contributed by atoms with Crippen molar-refractivity contribution in [2.75, 3.05) is 18.9 Å². The van der Waals surface area contributed by atoms with Crippen LogP contribution in [-0.2, 0) is 13.0 Å². The van der Waals surface area contributed by atoms with E-state index in [0.29, 0.717) is 21.4 Å². The number of carbonyl (C=O) groups excluding carboxylic acids is 1. The van der Waals surface area contributed by atoms with Crippen LogP contribution in [0.3, 0.4) is 0 Å². The highest BCUT2D eigenvalue weighted by atomic mass is 35.5. The van der Waals surface area contributed by atoms with E-state index in [9.17, 15) is 4.79 Å². The number of hydrogen-bond donors (Lipinski definition) is 1. The third-order valence-corrected chi connectivity index (χ3v) is 5.59. The van der Waals surface area contributed by atoms with Gasteiger partial charge in [0.25, 0.3) is 5.91 Å². The predicted molar refractivity (Wildman–Crippen MR) is 102 cm³/mol. The number of thiazole rings is 1. The Morgan fingerprint density at radius 1 is 1.32 bits per heavy atom. The van der Waals surface area contributed by atoms with E-state index in [0.717, 1.165) is 36.1 Å². The second-order valence-electron chi connectivity index (χ2n) is 6.29. The number of nitrogens with zero attached hydrogens (tertiary/aromatic N) is 3. The Kier molecular flexibility index (Phi) is 4.19. The van der Waals surface area contributed by atoms with Gasteiger partial charge < -0.3 is 4.90 Å². The number of aryl methyl sites for hydroxylation is 1. The number of hydrogen-bond acceptors (Lipinski definition) is 5. The number of aromatic nitrogens is 2. The van der Waals surface area contributed by atoms with Gasteiger partial charge in [0.2, 0.25) is 0 Å². The van der Waals surface area contributed by atoms with E-state index in [2.05, 4.69) is 27.2 Å². The quantitative estimate of drug-likeness (QED) is 0.741. The maximum Gasteiger partial charge on any atom is 0.259 e. The summed E-state index contributed by atoms with van der Waals surface area (Å²) >= 11 is 7.60. The summed E-state index contributed by atoms with van der Waals surface area (Å²) in [4.78, 5) is 25.3. The minimum absolute atomic E-state index is 0.189. The lowest BCUT2D eigenvalue weighted by atomic mass is 10.1. The second-order valence-corrected chi connectivity index (χ2v) is 7.81. The Balaban J connectivity index is 1.63. The molecule has 1 N–H and O–H groups in total. The molecular formula is C18H17ClN4OS. The Hall–Kier alpha value is -2.02. The van der Waals surface area contributed by atoms with Crippen molar-refractivity contribution < 1.29 is 4.79 Å². The Bertz CT molecular complexity index is 985. The van der Waals surface area contributed by atoms with Crippen molar-refractivity contribution in [3.05, 3.63) is 51.1 Å². The topological polar surface area (TPSA) is 58.1 Å². The van der Waals surface area contributed by atoms with Crippen molar-refractivity contribution in [3.63, 3.8) is 0 Å². The summed E-state index contributed by atoms with van der Waals surface area (Å²) in [7, 11) is 2.09. The average molecular weight is 373 g/mol. The predicted octanol–water partition coefficient (Wildman–Crippen LogP) is 3.89. The van der Waals surface area contributed by atoms with Gasteiger partial charge in [0.1, 0.15) is 0 Å². The van der Waals surface area contributed by atoms with Crippen LogP contribution in [0.4, 0.5) is 5.13 Å². The van der Waals surface area contributed by atoms with E-state index < -0.39 is 0 Å². The molecule has 3 aromatic rings. The molecule has 0 saturated carbocycles. The SMILES string of the molecule is Cc1nc2ccc(Cl)cc2cc1C(=O)Nc1nc2c(s1)CN(C)CC2. The molecule has 0 fully saturated rings. The van der Waals surface area contributed by atoms with Crippen molar-refractivity contribution in [1.82, 2.24) is 14.9 Å². The lowest BCUT2D eigenvalue weighted by Crippen LogP contribution is -2.25. The molecule has 7 heteroatoms. The molecule has 5 nitrogen and oxygen atoms in total. The van der Waals surface area contributed by atoms with Crippen molar-refractivity contribution >= 4 is 44.9 Å². The number of fused-ring (bicyclic) bond motifs is 2. The molecule has 2 aromatic heterocycles. The summed E-state index contributed by atoms with van der Waals surface area (Å²) < 4.78 is 0. The zero-order chi connectivity index (χ0) is 17.6. The number of benzene rings is 1. The monoisotopic (exact) mass is 372 g/mol. The fourth-order valence-corrected chi connectivity index (χ4v) is 4.28. The minimum Gasteiger partial charge on any atom is -0.301 e. The number of pyridine rings is 1. The average Bonchev–Trinajstić information content (AvgIpc) is 2.95. The summed E-state index contributed by atoms with van der Waals surface area (Å²) in [5.74, 6) is -0.189. The third-order valence-electron chi connectivity index (χ3n) is 4.35. The second kappa shape index (κ2) is 6.37. The number of halogens is 1. The van der Waals surface area contributed by atoms with Crippen molar-refractivity contribution in [2.24, 2.45) is 0 Å². The molecule has 0 atom stereocenters. The number of amides is 1. The van der Waals surface area contributed by atoms with Crippen LogP contribution in [0.1, 0.15) is 26.6 Å². The molecule has 1 amide bonds. The molecule has 0 spiro atoms. The largest absolute Gasteiger partial charge is 0.301 e. The highest BCUT2D eigenvalue weighted by Crippen LogP contribution is 2.28. The van der Waals surface area contributed by atoms with Crippen LogP contribution >= 0.6 is 22.9 Å². The van der Waals surface area contributed by atoms with Crippen LogP contribution in [0.25, 0.3) is 10.9 Å². The van der Waals surface area contributed by atoms with Crippen molar-refractivity contribution in [3.8, 4) is 0 Å². The molecule has 0 unspecified atom stereocenters. The number of likely N-dealkylation sites (N-methyl/N-ethyl adjacent to an activating group) is 1. The van der Waals surface area contributed by atoms with Crippen molar-refractivity contribution in [1.29, 1.82) is 0 Å². The fourth-order valence-electron chi connectivity index (χ4n) is 3.01. The van der Waals surface area contributed by atoms with Gasteiger partial charge in [-0.15, -0.1) is 11.3 Å². The molecule has 3 heterocycles. The van der Waals surface area contributed by atoms with E-state index in [4.69, 9.17) is 11.6 Å². The summed E-state index contributed by atoms with van der Waals surface area (Å²) in [6, 6.07) is 7.31. The zero-order valence-electron chi connectivity index (χ0n) is 14.0. The number of nitrogens with one attached hydrogen (secondary N) is 1. The van der Waals surface area contributed by atoms with Gasteiger partial charge in [-0.1, -0.05) is 11.6 Å². The normalized spacial score (nSPS) is 14.5. The van der Waals surface area contributed by atoms with E-state index in [1.807, 2.05) is 25.1 Å². The molecule has 4 rings (SSSR count). The first-order valence-corrected chi connectivity index (χ1v) is 9.24. The zero-order valence-corrected chi connectivity index (χ0v) is 15.5. The summed E-state index contributed by atoms with van der Waals surface area (Å²) in [5.41, 5.74) is 3.15. The molecule has 1 aliphatic heterocycles. The molecule has 128 valence electrons. The first-order chi connectivity index (χ1) is 12.0. The van der Waals surface area contributed by atoms with Gasteiger partial charge in [-0.3, -0.25) is 15.1 Å². The third kappa shape index (κ3) is 3.25. The number of carbonyl (C=O) groups is 1. The van der Waals surface area contributed by atoms with Crippen LogP contribution in [0.5, 0.6) is 0 Å². The van der Waals surface area contributed by atoms with E-state index >= 15 is 0 Å². The van der Waals surface area contributed by atoms with Crippen LogP contribution in [-0.4, -0.2) is 34.4 Å². The molecule has 0 saturated heterocycles. The van der Waals surface area contributed by atoms with E-state index in [-0.39, 0.29) is 5.91 Å². The molecule has 0 radical (unpaired) electrons. The highest BCUT2D eigenvalue weighted by Gasteiger charge is 2.20. The van der Waals surface area contributed by atoms with Crippen LogP contribution < -0.4 is 5.32 Å². The van der Waals surface area contributed by atoms with Gasteiger partial charge >= 0.3 is 0 Å². The molecular weight excluding hydrogens is 356 g/mol. The van der Waals surface area contributed by atoms with E-state index in [1.165, 1.54) is 4.88 Å². The van der Waals surface area contributed by atoms with Crippen LogP contribution in [0.15, 0.2) is 24.3 Å². The Labute approximate surface area is 154 Å². The standard InChI is InChI=1S/C18H17ClN4OS/c1-10-13(8-11-7-12(19)3-4-14(11)20-10)17(24)22-18-21-15-5-6-23(2)9-16(15)25-18/h3-4,7-8H,5-6,9H2,1-2H3,(H,21,22,24).